The summed E-state index contributed by atoms with van der Waals surface area (Å²) in [6.07, 6.45) is 4.06. The monoisotopic (exact) mass is 205 g/mol. The number of rotatable bonds is 4. The molecule has 1 aromatic heterocycles. The van der Waals surface area contributed by atoms with E-state index in [1.165, 1.54) is 12.8 Å². The second-order valence-electron chi connectivity index (χ2n) is 3.87. The minimum Gasteiger partial charge on any atom is -0.309 e. The van der Waals surface area contributed by atoms with E-state index in [0.29, 0.717) is 18.4 Å². The predicted molar refractivity (Wildman–Crippen MR) is 58.6 cm³/mol. The highest BCUT2D eigenvalue weighted by Crippen LogP contribution is 2.18. The molecule has 2 rings (SSSR count). The van der Waals surface area contributed by atoms with Gasteiger partial charge in [-0.3, -0.25) is 4.79 Å². The van der Waals surface area contributed by atoms with Crippen molar-refractivity contribution >= 4 is 11.7 Å². The molecule has 1 fully saturated rings. The Morgan fingerprint density at radius 1 is 1.60 bits per heavy atom. The Kier molecular flexibility index (Phi) is 2.97. The van der Waals surface area contributed by atoms with Crippen LogP contribution in [0.3, 0.4) is 0 Å². The summed E-state index contributed by atoms with van der Waals surface area (Å²) in [6, 6.07) is 4.34. The Morgan fingerprint density at radius 3 is 3.07 bits per heavy atom. The van der Waals surface area contributed by atoms with Crippen LogP contribution in [0.15, 0.2) is 18.3 Å². The van der Waals surface area contributed by atoms with Gasteiger partial charge in [0.05, 0.1) is 6.54 Å². The summed E-state index contributed by atoms with van der Waals surface area (Å²) in [4.78, 5) is 15.6. The Balaban J connectivity index is 1.84. The third kappa shape index (κ3) is 3.02. The molecular formula is C11H15N3O. The Labute approximate surface area is 89.1 Å². The summed E-state index contributed by atoms with van der Waals surface area (Å²) < 4.78 is 0. The van der Waals surface area contributed by atoms with Crippen molar-refractivity contribution in [1.82, 2.24) is 10.3 Å². The normalized spacial score (nSPS) is 15.0. The highest BCUT2D eigenvalue weighted by atomic mass is 16.2. The first-order valence-corrected chi connectivity index (χ1v) is 5.20. The number of nitrogens with one attached hydrogen (secondary N) is 2. The predicted octanol–water partition coefficient (Wildman–Crippen LogP) is 1.08. The van der Waals surface area contributed by atoms with Crippen LogP contribution in [0.4, 0.5) is 5.82 Å². The third-order valence-electron chi connectivity index (χ3n) is 2.40. The van der Waals surface area contributed by atoms with Gasteiger partial charge in [-0.1, -0.05) is 6.07 Å². The summed E-state index contributed by atoms with van der Waals surface area (Å²) in [7, 11) is 0. The summed E-state index contributed by atoms with van der Waals surface area (Å²) >= 11 is 0. The van der Waals surface area contributed by atoms with Crippen LogP contribution in [0.5, 0.6) is 0 Å². The van der Waals surface area contributed by atoms with Gasteiger partial charge in [0.15, 0.2) is 0 Å². The third-order valence-corrected chi connectivity index (χ3v) is 2.40. The topological polar surface area (TPSA) is 54.0 Å². The second-order valence-corrected chi connectivity index (χ2v) is 3.87. The van der Waals surface area contributed by atoms with Crippen molar-refractivity contribution in [3.8, 4) is 0 Å². The van der Waals surface area contributed by atoms with Gasteiger partial charge < -0.3 is 10.6 Å². The van der Waals surface area contributed by atoms with Gasteiger partial charge in [-0.15, -0.1) is 0 Å². The number of nitrogens with zero attached hydrogens (tertiary/aromatic N) is 1. The van der Waals surface area contributed by atoms with Gasteiger partial charge in [0.1, 0.15) is 5.82 Å². The molecule has 1 aliphatic rings. The fourth-order valence-electron chi connectivity index (χ4n) is 1.32. The number of hydrogen-bond acceptors (Lipinski definition) is 3. The van der Waals surface area contributed by atoms with E-state index < -0.39 is 0 Å². The first-order valence-electron chi connectivity index (χ1n) is 5.20. The molecule has 0 atom stereocenters. The maximum absolute atomic E-state index is 11.5. The number of carbonyl (C=O) groups excluding carboxylic acids is 1. The molecular weight excluding hydrogens is 190 g/mol. The lowest BCUT2D eigenvalue weighted by molar-refractivity contribution is -0.115. The van der Waals surface area contributed by atoms with Crippen LogP contribution >= 0.6 is 0 Å². The molecule has 1 amide bonds. The molecule has 2 N–H and O–H groups in total. The first kappa shape index (κ1) is 10.1. The molecule has 0 aromatic carbocycles. The van der Waals surface area contributed by atoms with Gasteiger partial charge in [-0.2, -0.15) is 0 Å². The van der Waals surface area contributed by atoms with Crippen molar-refractivity contribution in [2.45, 2.75) is 25.8 Å². The van der Waals surface area contributed by atoms with Gasteiger partial charge in [-0.05, 0) is 31.4 Å². The molecule has 1 aliphatic carbocycles. The second kappa shape index (κ2) is 4.40. The van der Waals surface area contributed by atoms with Crippen molar-refractivity contribution < 1.29 is 4.79 Å². The van der Waals surface area contributed by atoms with E-state index in [1.807, 2.05) is 19.1 Å². The van der Waals surface area contributed by atoms with E-state index in [2.05, 4.69) is 15.6 Å². The highest BCUT2D eigenvalue weighted by molar-refractivity contribution is 5.91. The van der Waals surface area contributed by atoms with Crippen LogP contribution in [0.25, 0.3) is 0 Å². The molecule has 0 aliphatic heterocycles. The average Bonchev–Trinajstić information content (AvgIpc) is 3.02. The van der Waals surface area contributed by atoms with Crippen LogP contribution in [-0.4, -0.2) is 23.5 Å². The molecule has 1 saturated carbocycles. The van der Waals surface area contributed by atoms with Crippen molar-refractivity contribution in [3.05, 3.63) is 23.9 Å². The van der Waals surface area contributed by atoms with Crippen LogP contribution in [0.1, 0.15) is 18.4 Å². The van der Waals surface area contributed by atoms with Crippen molar-refractivity contribution in [2.75, 3.05) is 11.9 Å². The molecule has 0 spiro atoms. The van der Waals surface area contributed by atoms with Crippen molar-refractivity contribution in [1.29, 1.82) is 0 Å². The smallest absolute Gasteiger partial charge is 0.239 e. The molecule has 80 valence electrons. The highest BCUT2D eigenvalue weighted by Gasteiger charge is 2.21. The molecule has 0 radical (unpaired) electrons. The quantitative estimate of drug-likeness (QED) is 0.773. The lowest BCUT2D eigenvalue weighted by atomic mass is 10.3. The lowest BCUT2D eigenvalue weighted by Crippen LogP contribution is -2.29. The zero-order valence-corrected chi connectivity index (χ0v) is 8.79. The van der Waals surface area contributed by atoms with Gasteiger partial charge in [0, 0.05) is 12.2 Å². The summed E-state index contributed by atoms with van der Waals surface area (Å²) in [5.41, 5.74) is 0.984. The standard InChI is InChI=1S/C11H15N3O/c1-8-3-2-6-12-11(8)14-10(15)7-13-9-4-5-9/h2-3,6,9,13H,4-5,7H2,1H3,(H,12,14,15). The number of aromatic nitrogens is 1. The Morgan fingerprint density at radius 2 is 2.40 bits per heavy atom. The number of carbonyl (C=O) groups is 1. The minimum absolute atomic E-state index is 0.0244. The Hall–Kier alpha value is -1.42. The van der Waals surface area contributed by atoms with Gasteiger partial charge >= 0.3 is 0 Å². The van der Waals surface area contributed by atoms with Gasteiger partial charge in [-0.25, -0.2) is 4.98 Å². The molecule has 1 aromatic rings. The fraction of sp³-hybridized carbons (Fsp3) is 0.455. The maximum atomic E-state index is 11.5. The van der Waals surface area contributed by atoms with E-state index in [0.717, 1.165) is 5.56 Å². The van der Waals surface area contributed by atoms with Crippen LogP contribution in [0, 0.1) is 6.92 Å². The van der Waals surface area contributed by atoms with Crippen LogP contribution < -0.4 is 10.6 Å². The first-order chi connectivity index (χ1) is 7.25. The lowest BCUT2D eigenvalue weighted by Gasteiger charge is -2.06. The fourth-order valence-corrected chi connectivity index (χ4v) is 1.32. The zero-order chi connectivity index (χ0) is 10.7. The Bertz CT molecular complexity index is 361. The summed E-state index contributed by atoms with van der Waals surface area (Å²) in [6.45, 7) is 2.30. The molecule has 0 saturated heterocycles. The molecule has 15 heavy (non-hydrogen) atoms. The number of hydrogen-bond donors (Lipinski definition) is 2. The minimum atomic E-state index is -0.0244. The average molecular weight is 205 g/mol. The van der Waals surface area contributed by atoms with Gasteiger partial charge in [0.2, 0.25) is 5.91 Å². The molecule has 1 heterocycles. The van der Waals surface area contributed by atoms with Crippen molar-refractivity contribution in [3.63, 3.8) is 0 Å². The largest absolute Gasteiger partial charge is 0.309 e. The van der Waals surface area contributed by atoms with E-state index in [1.54, 1.807) is 6.20 Å². The molecule has 4 heteroatoms. The zero-order valence-electron chi connectivity index (χ0n) is 8.79. The van der Waals surface area contributed by atoms with E-state index in [4.69, 9.17) is 0 Å². The van der Waals surface area contributed by atoms with E-state index >= 15 is 0 Å². The van der Waals surface area contributed by atoms with Crippen molar-refractivity contribution in [2.24, 2.45) is 0 Å². The molecule has 4 nitrogen and oxygen atoms in total. The molecule has 0 bridgehead atoms. The maximum Gasteiger partial charge on any atom is 0.239 e. The summed E-state index contributed by atoms with van der Waals surface area (Å²) in [5, 5.41) is 5.94. The number of aryl methyl sites for hydroxylation is 1. The number of amides is 1. The summed E-state index contributed by atoms with van der Waals surface area (Å²) in [5.74, 6) is 0.629. The number of anilines is 1. The van der Waals surface area contributed by atoms with Crippen LogP contribution in [-0.2, 0) is 4.79 Å². The van der Waals surface area contributed by atoms with Gasteiger partial charge in [0.25, 0.3) is 0 Å². The van der Waals surface area contributed by atoms with Crippen LogP contribution in [0.2, 0.25) is 0 Å². The van der Waals surface area contributed by atoms with E-state index in [9.17, 15) is 4.79 Å². The SMILES string of the molecule is Cc1cccnc1NC(=O)CNC1CC1. The van der Waals surface area contributed by atoms with E-state index in [-0.39, 0.29) is 5.91 Å². The number of pyridine rings is 1. The molecule has 0 unspecified atom stereocenters.